The van der Waals surface area contributed by atoms with Crippen LogP contribution in [0.25, 0.3) is 0 Å². The SMILES string of the molecule is COc1ccc([S+](c2ccc(OC)cc2)c2ccc(OC)cc2)cc1.F.F.F.F.[AsH3].[AsH3].[F-].[F-].c1ccc(Sc2ccc([S+](c3ccccc3)c3ccccc3)cc2)cc1. The molecule has 2 atom stereocenters. The molecular weight excluding hydrogens is 949 g/mol. The van der Waals surface area contributed by atoms with E-state index in [0.29, 0.717) is 0 Å². The van der Waals surface area contributed by atoms with Crippen LogP contribution in [-0.2, 0) is 21.8 Å². The summed E-state index contributed by atoms with van der Waals surface area (Å²) < 4.78 is 15.9. The second-order valence-corrected chi connectivity index (χ2v) is 16.4. The Morgan fingerprint density at radius 1 is 0.305 bits per heavy atom. The van der Waals surface area contributed by atoms with Crippen LogP contribution >= 0.6 is 11.8 Å². The summed E-state index contributed by atoms with van der Waals surface area (Å²) in [5.41, 5.74) is 0. The van der Waals surface area contributed by atoms with Gasteiger partial charge in [-0.2, -0.15) is 0 Å². The van der Waals surface area contributed by atoms with Crippen LogP contribution in [0, 0.1) is 0 Å². The van der Waals surface area contributed by atoms with Crippen LogP contribution in [0.3, 0.4) is 0 Å². The van der Waals surface area contributed by atoms with Crippen LogP contribution in [0.4, 0.5) is 18.8 Å². The molecule has 0 aliphatic carbocycles. The summed E-state index contributed by atoms with van der Waals surface area (Å²) >= 11 is 1.80. The number of benzene rings is 7. The predicted octanol–water partition coefficient (Wildman–Crippen LogP) is 3.99. The molecule has 0 N–H and O–H groups in total. The molecule has 318 valence electrons. The molecule has 59 heavy (non-hydrogen) atoms. The van der Waals surface area contributed by atoms with Crippen molar-refractivity contribution in [3.05, 3.63) is 188 Å². The molecule has 0 fully saturated rings. The maximum Gasteiger partial charge on any atom is 0.166 e. The molecule has 0 aliphatic rings. The van der Waals surface area contributed by atoms with E-state index in [0.717, 1.165) is 17.2 Å². The Morgan fingerprint density at radius 3 is 0.797 bits per heavy atom. The van der Waals surface area contributed by atoms with Crippen molar-refractivity contribution in [3.63, 3.8) is 0 Å². The molecule has 0 heterocycles. The van der Waals surface area contributed by atoms with Crippen LogP contribution in [0.1, 0.15) is 0 Å². The Bertz CT molecular complexity index is 1930. The number of halogens is 6. The van der Waals surface area contributed by atoms with Gasteiger partial charge in [-0.05, 0) is 133 Å². The first-order chi connectivity index (χ1) is 25.1. The first-order valence-corrected chi connectivity index (χ1v) is 19.8. The summed E-state index contributed by atoms with van der Waals surface area (Å²) in [6.45, 7) is 0. The zero-order valence-electron chi connectivity index (χ0n) is 32.7. The fourth-order valence-electron chi connectivity index (χ4n) is 5.33. The Morgan fingerprint density at radius 2 is 0.525 bits per heavy atom. The molecule has 0 spiro atoms. The van der Waals surface area contributed by atoms with Crippen molar-refractivity contribution >= 4 is 69.5 Å². The molecule has 0 saturated carbocycles. The van der Waals surface area contributed by atoms with Crippen molar-refractivity contribution in [2.75, 3.05) is 21.3 Å². The summed E-state index contributed by atoms with van der Waals surface area (Å²) in [5, 5.41) is 0. The van der Waals surface area contributed by atoms with Crippen LogP contribution in [0.2, 0.25) is 0 Å². The number of hydrogen-bond acceptors (Lipinski definition) is 4. The minimum Gasteiger partial charge on any atom is -1.00 e. The third kappa shape index (κ3) is 16.3. The van der Waals surface area contributed by atoms with Gasteiger partial charge < -0.3 is 23.6 Å². The number of ether oxygens (including phenoxy) is 3. The van der Waals surface area contributed by atoms with E-state index in [2.05, 4.69) is 152 Å². The van der Waals surface area contributed by atoms with Gasteiger partial charge in [-0.15, -0.1) is 0 Å². The Balaban J connectivity index is -0.000000937. The Labute approximate surface area is 375 Å². The van der Waals surface area contributed by atoms with Crippen LogP contribution < -0.4 is 23.6 Å². The monoisotopic (exact) mass is 998 g/mol. The van der Waals surface area contributed by atoms with Gasteiger partial charge in [0.05, 0.1) is 43.1 Å². The van der Waals surface area contributed by atoms with E-state index in [-0.39, 0.29) is 85.9 Å². The van der Waals surface area contributed by atoms with Crippen molar-refractivity contribution < 1.29 is 42.4 Å². The molecule has 3 nitrogen and oxygen atoms in total. The molecule has 0 amide bonds. The topological polar surface area (TPSA) is 27.7 Å². The van der Waals surface area contributed by atoms with Gasteiger partial charge in [0, 0.05) is 9.79 Å². The first-order valence-electron chi connectivity index (χ1n) is 16.5. The first kappa shape index (κ1) is 59.0. The van der Waals surface area contributed by atoms with Gasteiger partial charge in [0.2, 0.25) is 0 Å². The van der Waals surface area contributed by atoms with E-state index in [1.165, 1.54) is 39.2 Å². The minimum atomic E-state index is -0.212. The standard InChI is InChI=1S/C24H19S2.C21H21O3S.2AsH3.6FH/c1-4-10-20(11-5-1)25-21-16-18-24(19-17-21)26(22-12-6-2-7-13-22)23-14-8-3-9-15-23;1-22-16-4-10-19(11-5-16)25(20-12-6-17(23-2)7-13-20)21-14-8-18(24-3)9-15-21;;;;;;;;/h1-19H;4-15H,1-3H3;2*1H3;6*1H/q2*+1;;;;;;;;/p-2. The van der Waals surface area contributed by atoms with Crippen LogP contribution in [-0.4, -0.2) is 57.2 Å². The predicted molar refractivity (Wildman–Crippen MR) is 243 cm³/mol. The van der Waals surface area contributed by atoms with Gasteiger partial charge in [-0.25, -0.2) is 0 Å². The number of rotatable bonds is 11. The summed E-state index contributed by atoms with van der Waals surface area (Å²) in [5.74, 6) is 2.57. The van der Waals surface area contributed by atoms with E-state index in [4.69, 9.17) is 14.2 Å². The maximum atomic E-state index is 5.29. The fourth-order valence-corrected chi connectivity index (χ4v) is 10.3. The largest absolute Gasteiger partial charge is 1.00 e. The van der Waals surface area contributed by atoms with Crippen molar-refractivity contribution in [1.82, 2.24) is 0 Å². The van der Waals surface area contributed by atoms with E-state index in [1.54, 1.807) is 33.1 Å². The molecule has 0 aliphatic heterocycles. The van der Waals surface area contributed by atoms with Gasteiger partial charge in [0.1, 0.15) is 17.2 Å². The van der Waals surface area contributed by atoms with E-state index in [9.17, 15) is 0 Å². The summed E-state index contributed by atoms with van der Waals surface area (Å²) in [4.78, 5) is 10.3. The van der Waals surface area contributed by atoms with Crippen molar-refractivity contribution in [2.24, 2.45) is 0 Å². The Hall–Kier alpha value is -4.31. The summed E-state index contributed by atoms with van der Waals surface area (Å²) in [6.07, 6.45) is 0. The van der Waals surface area contributed by atoms with E-state index in [1.807, 2.05) is 36.4 Å². The molecule has 0 bridgehead atoms. The summed E-state index contributed by atoms with van der Waals surface area (Å²) in [7, 11) is 4.76. The second-order valence-electron chi connectivity index (χ2n) is 11.2. The molecule has 0 aromatic heterocycles. The third-order valence-electron chi connectivity index (χ3n) is 7.88. The van der Waals surface area contributed by atoms with E-state index >= 15 is 0 Å². The Kier molecular flexibility index (Phi) is 30.7. The average molecular weight is 999 g/mol. The molecule has 0 saturated heterocycles. The van der Waals surface area contributed by atoms with Gasteiger partial charge >= 0.3 is 35.9 Å². The average Bonchev–Trinajstić information content (AvgIpc) is 3.21. The molecule has 7 rings (SSSR count). The molecule has 2 unspecified atom stereocenters. The van der Waals surface area contributed by atoms with Gasteiger partial charge in [-0.3, -0.25) is 18.8 Å². The van der Waals surface area contributed by atoms with Gasteiger partial charge in [0.15, 0.2) is 29.4 Å². The molecule has 7 aromatic rings. The number of methoxy groups -OCH3 is 3. The van der Waals surface area contributed by atoms with Crippen LogP contribution in [0.5, 0.6) is 17.2 Å². The fraction of sp³-hybridized carbons (Fsp3) is 0.0667. The molecule has 14 heteroatoms. The molecule has 7 aromatic carbocycles. The smallest absolute Gasteiger partial charge is 0.166 e. The maximum absolute atomic E-state index is 5.29. The normalized spacial score (nSPS) is 9.24. The molecular formula is C45H50As2F6O3S3. The zero-order chi connectivity index (χ0) is 35.3. The minimum absolute atomic E-state index is 0. The zero-order valence-corrected chi connectivity index (χ0v) is 41.0. The summed E-state index contributed by atoms with van der Waals surface area (Å²) in [6, 6.07) is 65.8. The van der Waals surface area contributed by atoms with Gasteiger partial charge in [-0.1, -0.05) is 66.4 Å². The van der Waals surface area contributed by atoms with Crippen molar-refractivity contribution in [1.29, 1.82) is 0 Å². The quantitative estimate of drug-likeness (QED) is 0.112. The van der Waals surface area contributed by atoms with E-state index < -0.39 is 0 Å². The van der Waals surface area contributed by atoms with Crippen LogP contribution in [0.15, 0.2) is 227 Å². The third-order valence-corrected chi connectivity index (χ3v) is 13.4. The molecule has 0 radical (unpaired) electrons. The van der Waals surface area contributed by atoms with Crippen molar-refractivity contribution in [3.8, 4) is 17.2 Å². The van der Waals surface area contributed by atoms with Crippen molar-refractivity contribution in [2.45, 2.75) is 39.2 Å². The van der Waals surface area contributed by atoms with Gasteiger partial charge in [0.25, 0.3) is 0 Å². The number of hydrogen-bond donors (Lipinski definition) is 0. The second kappa shape index (κ2) is 30.7.